The summed E-state index contributed by atoms with van der Waals surface area (Å²) in [6.07, 6.45) is 1.29. The number of hydrogen-bond donors (Lipinski definition) is 1. The summed E-state index contributed by atoms with van der Waals surface area (Å²) in [6.45, 7) is 0. The highest BCUT2D eigenvalue weighted by Crippen LogP contribution is 2.29. The summed E-state index contributed by atoms with van der Waals surface area (Å²) >= 11 is 11.8. The number of carbonyl (C=O) groups excluding carboxylic acids is 2. The van der Waals surface area contributed by atoms with E-state index in [1.165, 1.54) is 67.8 Å². The number of carbonyl (C=O) groups is 2. The molecule has 3 rings (SSSR count). The average molecular weight is 512 g/mol. The van der Waals surface area contributed by atoms with Crippen LogP contribution in [0.5, 0.6) is 11.5 Å². The molecule has 0 saturated carbocycles. The lowest BCUT2D eigenvalue weighted by molar-refractivity contribution is -0.384. The predicted octanol–water partition coefficient (Wildman–Crippen LogP) is 5.68. The van der Waals surface area contributed by atoms with Crippen molar-refractivity contribution < 1.29 is 24.0 Å². The molecule has 0 bridgehead atoms. The van der Waals surface area contributed by atoms with Crippen LogP contribution in [0, 0.1) is 21.4 Å². The normalized spacial score (nSPS) is 10.7. The van der Waals surface area contributed by atoms with Gasteiger partial charge in [-0.1, -0.05) is 35.3 Å². The molecule has 0 spiro atoms. The van der Waals surface area contributed by atoms with Gasteiger partial charge >= 0.3 is 5.97 Å². The number of nitriles is 1. The summed E-state index contributed by atoms with van der Waals surface area (Å²) in [4.78, 5) is 35.5. The Bertz CT molecular complexity index is 1380. The van der Waals surface area contributed by atoms with Gasteiger partial charge < -0.3 is 14.8 Å². The van der Waals surface area contributed by atoms with Crippen LogP contribution in [0.25, 0.3) is 6.08 Å². The fraction of sp³-hybridized carbons (Fsp3) is 0.0417. The lowest BCUT2D eigenvalue weighted by Gasteiger charge is -2.07. The topological polar surface area (TPSA) is 132 Å². The van der Waals surface area contributed by atoms with Gasteiger partial charge in [-0.2, -0.15) is 5.26 Å². The highest BCUT2D eigenvalue weighted by Gasteiger charge is 2.19. The number of nitro groups is 1. The number of hydrogen-bond acceptors (Lipinski definition) is 7. The molecular formula is C24H15Cl2N3O6. The summed E-state index contributed by atoms with van der Waals surface area (Å²) in [6, 6.07) is 16.0. The van der Waals surface area contributed by atoms with Crippen LogP contribution in [0.4, 0.5) is 11.4 Å². The number of halogens is 2. The van der Waals surface area contributed by atoms with Crippen molar-refractivity contribution in [1.82, 2.24) is 0 Å². The Morgan fingerprint density at radius 2 is 1.71 bits per heavy atom. The summed E-state index contributed by atoms with van der Waals surface area (Å²) in [5, 5.41) is 23.6. The Balaban J connectivity index is 1.74. The van der Waals surface area contributed by atoms with Crippen molar-refractivity contribution in [3.05, 3.63) is 97.5 Å². The van der Waals surface area contributed by atoms with Crippen LogP contribution < -0.4 is 14.8 Å². The number of anilines is 1. The molecule has 3 aromatic rings. The van der Waals surface area contributed by atoms with Crippen molar-refractivity contribution in [2.45, 2.75) is 0 Å². The molecule has 0 aliphatic heterocycles. The second-order valence-corrected chi connectivity index (χ2v) is 7.67. The molecule has 35 heavy (non-hydrogen) atoms. The van der Waals surface area contributed by atoms with E-state index in [0.717, 1.165) is 6.07 Å². The SMILES string of the molecule is COc1ccc(NC(=O)/C(C#N)=C/c2ccc(OC(=O)c3ccc(Cl)c(Cl)c3)cc2)c([N+](=O)[O-])c1. The van der Waals surface area contributed by atoms with Gasteiger partial charge in [0.05, 0.1) is 33.7 Å². The van der Waals surface area contributed by atoms with Gasteiger partial charge in [0.25, 0.3) is 11.6 Å². The molecule has 1 amide bonds. The van der Waals surface area contributed by atoms with Crippen LogP contribution in [-0.2, 0) is 4.79 Å². The first-order chi connectivity index (χ1) is 16.7. The largest absolute Gasteiger partial charge is 0.496 e. The number of nitrogens with zero attached hydrogens (tertiary/aromatic N) is 2. The molecule has 176 valence electrons. The third-order valence-electron chi connectivity index (χ3n) is 4.57. The first kappa shape index (κ1) is 25.2. The fourth-order valence-electron chi connectivity index (χ4n) is 2.82. The lowest BCUT2D eigenvalue weighted by atomic mass is 10.1. The average Bonchev–Trinajstić information content (AvgIpc) is 2.85. The van der Waals surface area contributed by atoms with Crippen molar-refractivity contribution in [2.24, 2.45) is 0 Å². The first-order valence-corrected chi connectivity index (χ1v) is 10.5. The number of methoxy groups -OCH3 is 1. The van der Waals surface area contributed by atoms with Gasteiger partial charge in [-0.25, -0.2) is 4.79 Å². The molecule has 0 fully saturated rings. The number of esters is 1. The maximum absolute atomic E-state index is 12.6. The highest BCUT2D eigenvalue weighted by molar-refractivity contribution is 6.42. The minimum Gasteiger partial charge on any atom is -0.496 e. The summed E-state index contributed by atoms with van der Waals surface area (Å²) < 4.78 is 10.2. The van der Waals surface area contributed by atoms with Gasteiger partial charge in [0, 0.05) is 0 Å². The van der Waals surface area contributed by atoms with E-state index in [1.807, 2.05) is 0 Å². The molecule has 0 aliphatic carbocycles. The van der Waals surface area contributed by atoms with Crippen LogP contribution in [-0.4, -0.2) is 23.9 Å². The number of benzene rings is 3. The number of ether oxygens (including phenoxy) is 2. The second kappa shape index (κ2) is 11.2. The minimum atomic E-state index is -0.837. The number of nitro benzene ring substituents is 1. The molecule has 1 N–H and O–H groups in total. The monoisotopic (exact) mass is 511 g/mol. The van der Waals surface area contributed by atoms with E-state index in [9.17, 15) is 25.0 Å². The van der Waals surface area contributed by atoms with Gasteiger partial charge in [-0.15, -0.1) is 0 Å². The van der Waals surface area contributed by atoms with Gasteiger partial charge in [0.2, 0.25) is 0 Å². The fourth-order valence-corrected chi connectivity index (χ4v) is 3.12. The van der Waals surface area contributed by atoms with Crippen molar-refractivity contribution in [3.63, 3.8) is 0 Å². The number of nitrogens with one attached hydrogen (secondary N) is 1. The Morgan fingerprint density at radius 3 is 2.31 bits per heavy atom. The molecule has 0 heterocycles. The Kier molecular flexibility index (Phi) is 8.04. The van der Waals surface area contributed by atoms with E-state index < -0.39 is 16.8 Å². The lowest BCUT2D eigenvalue weighted by Crippen LogP contribution is -2.14. The zero-order valence-corrected chi connectivity index (χ0v) is 19.5. The predicted molar refractivity (Wildman–Crippen MR) is 130 cm³/mol. The molecule has 0 aliphatic rings. The van der Waals surface area contributed by atoms with Crippen LogP contribution in [0.3, 0.4) is 0 Å². The van der Waals surface area contributed by atoms with E-state index in [-0.39, 0.29) is 39.0 Å². The van der Waals surface area contributed by atoms with Gasteiger partial charge in [0.1, 0.15) is 28.8 Å². The third-order valence-corrected chi connectivity index (χ3v) is 5.31. The van der Waals surface area contributed by atoms with Gasteiger partial charge in [-0.3, -0.25) is 14.9 Å². The third kappa shape index (κ3) is 6.35. The van der Waals surface area contributed by atoms with E-state index in [2.05, 4.69) is 5.32 Å². The maximum Gasteiger partial charge on any atom is 0.343 e. The summed E-state index contributed by atoms with van der Waals surface area (Å²) in [5.74, 6) is -1.03. The number of rotatable bonds is 7. The van der Waals surface area contributed by atoms with E-state index >= 15 is 0 Å². The Hall–Kier alpha value is -4.39. The maximum atomic E-state index is 12.6. The van der Waals surface area contributed by atoms with Crippen LogP contribution in [0.1, 0.15) is 15.9 Å². The molecule has 11 heteroatoms. The van der Waals surface area contributed by atoms with Crippen molar-refractivity contribution >= 4 is 52.5 Å². The molecule has 0 atom stereocenters. The van der Waals surface area contributed by atoms with Gasteiger partial charge in [-0.05, 0) is 54.1 Å². The minimum absolute atomic E-state index is 0.0912. The Morgan fingerprint density at radius 1 is 1.03 bits per heavy atom. The molecule has 0 radical (unpaired) electrons. The molecule has 9 nitrogen and oxygen atoms in total. The van der Waals surface area contributed by atoms with Crippen molar-refractivity contribution in [1.29, 1.82) is 5.26 Å². The van der Waals surface area contributed by atoms with E-state index in [1.54, 1.807) is 6.07 Å². The highest BCUT2D eigenvalue weighted by atomic mass is 35.5. The van der Waals surface area contributed by atoms with Gasteiger partial charge in [0.15, 0.2) is 0 Å². The number of amides is 1. The zero-order chi connectivity index (χ0) is 25.5. The molecular weight excluding hydrogens is 497 g/mol. The molecule has 0 unspecified atom stereocenters. The Labute approximate surface area is 209 Å². The van der Waals surface area contributed by atoms with Crippen LogP contribution in [0.15, 0.2) is 66.2 Å². The van der Waals surface area contributed by atoms with Crippen LogP contribution >= 0.6 is 23.2 Å². The van der Waals surface area contributed by atoms with E-state index in [4.69, 9.17) is 32.7 Å². The summed E-state index contributed by atoms with van der Waals surface area (Å²) in [7, 11) is 1.35. The second-order valence-electron chi connectivity index (χ2n) is 6.85. The smallest absolute Gasteiger partial charge is 0.343 e. The quantitative estimate of drug-likeness (QED) is 0.108. The van der Waals surface area contributed by atoms with Crippen molar-refractivity contribution in [3.8, 4) is 17.6 Å². The molecule has 0 aromatic heterocycles. The molecule has 0 saturated heterocycles. The molecule has 3 aromatic carbocycles. The van der Waals surface area contributed by atoms with Crippen molar-refractivity contribution in [2.75, 3.05) is 12.4 Å². The summed E-state index contributed by atoms with van der Waals surface area (Å²) in [5.41, 5.74) is -0.111. The van der Waals surface area contributed by atoms with E-state index in [0.29, 0.717) is 10.6 Å². The standard InChI is InChI=1S/C24H15Cl2N3O6/c1-34-18-7-9-21(22(12-18)29(32)33)28-23(30)16(13-27)10-14-2-5-17(6-3-14)35-24(31)15-4-8-19(25)20(26)11-15/h2-12H,1H3,(H,28,30)/b16-10+. The van der Waals surface area contributed by atoms with Crippen LogP contribution in [0.2, 0.25) is 10.0 Å². The zero-order valence-electron chi connectivity index (χ0n) is 18.0. The first-order valence-electron chi connectivity index (χ1n) is 9.74.